The number of methoxy groups -OCH3 is 1. The van der Waals surface area contributed by atoms with E-state index in [0.29, 0.717) is 6.61 Å². The van der Waals surface area contributed by atoms with E-state index in [1.165, 1.54) is 0 Å². The van der Waals surface area contributed by atoms with Crippen LogP contribution >= 0.6 is 0 Å². The highest BCUT2D eigenvalue weighted by Gasteiger charge is 2.00. The van der Waals surface area contributed by atoms with E-state index in [1.54, 1.807) is 7.11 Å². The minimum Gasteiger partial charge on any atom is -0.382 e. The van der Waals surface area contributed by atoms with E-state index in [1.807, 2.05) is 13.8 Å². The Hall–Kier alpha value is -0.120. The molecule has 3 heteroatoms. The summed E-state index contributed by atoms with van der Waals surface area (Å²) < 4.78 is 10.4. The first-order valence-electron chi connectivity index (χ1n) is 4.53. The van der Waals surface area contributed by atoms with E-state index in [-0.39, 0.29) is 12.1 Å². The van der Waals surface area contributed by atoms with Gasteiger partial charge < -0.3 is 15.2 Å². The van der Waals surface area contributed by atoms with Crippen LogP contribution in [0.25, 0.3) is 0 Å². The highest BCUT2D eigenvalue weighted by Crippen LogP contribution is 1.97. The Bertz CT molecular complexity index is 96.5. The van der Waals surface area contributed by atoms with Crippen LogP contribution in [0.1, 0.15) is 26.7 Å². The lowest BCUT2D eigenvalue weighted by atomic mass is 10.2. The van der Waals surface area contributed by atoms with Gasteiger partial charge in [0, 0.05) is 19.8 Å². The Balaban J connectivity index is 3.08. The van der Waals surface area contributed by atoms with Crippen molar-refractivity contribution < 1.29 is 9.47 Å². The summed E-state index contributed by atoms with van der Waals surface area (Å²) in [7, 11) is 1.68. The zero-order valence-corrected chi connectivity index (χ0v) is 8.38. The Morgan fingerprint density at radius 1 is 1.33 bits per heavy atom. The summed E-state index contributed by atoms with van der Waals surface area (Å²) in [6, 6.07) is 0.284. The predicted octanol–water partition coefficient (Wildman–Crippen LogP) is 1.17. The van der Waals surface area contributed by atoms with Gasteiger partial charge in [0.15, 0.2) is 0 Å². The second-order valence-electron chi connectivity index (χ2n) is 3.26. The molecule has 0 saturated carbocycles. The molecule has 0 spiro atoms. The van der Waals surface area contributed by atoms with Crippen LogP contribution in [0.2, 0.25) is 0 Å². The van der Waals surface area contributed by atoms with Crippen LogP contribution in [0.4, 0.5) is 0 Å². The molecule has 0 radical (unpaired) electrons. The maximum absolute atomic E-state index is 5.59. The number of hydrogen-bond acceptors (Lipinski definition) is 3. The second-order valence-corrected chi connectivity index (χ2v) is 3.26. The van der Waals surface area contributed by atoms with Gasteiger partial charge in [-0.3, -0.25) is 0 Å². The number of ether oxygens (including phenoxy) is 2. The molecule has 2 unspecified atom stereocenters. The van der Waals surface area contributed by atoms with E-state index in [2.05, 4.69) is 0 Å². The topological polar surface area (TPSA) is 44.5 Å². The van der Waals surface area contributed by atoms with Gasteiger partial charge in [0.2, 0.25) is 0 Å². The van der Waals surface area contributed by atoms with Crippen molar-refractivity contribution >= 4 is 0 Å². The molecule has 0 aromatic carbocycles. The zero-order chi connectivity index (χ0) is 9.40. The van der Waals surface area contributed by atoms with Crippen molar-refractivity contribution in [1.29, 1.82) is 0 Å². The van der Waals surface area contributed by atoms with Crippen LogP contribution in [0.3, 0.4) is 0 Å². The first-order chi connectivity index (χ1) is 5.66. The fraction of sp³-hybridized carbons (Fsp3) is 1.00. The number of hydrogen-bond donors (Lipinski definition) is 1. The third kappa shape index (κ3) is 7.98. The Kier molecular flexibility index (Phi) is 7.45. The molecule has 2 N–H and O–H groups in total. The molecule has 0 heterocycles. The van der Waals surface area contributed by atoms with Crippen LogP contribution in [0, 0.1) is 0 Å². The monoisotopic (exact) mass is 175 g/mol. The average Bonchev–Trinajstić information content (AvgIpc) is 1.98. The van der Waals surface area contributed by atoms with Crippen molar-refractivity contribution in [2.75, 3.05) is 20.3 Å². The second kappa shape index (κ2) is 7.53. The third-order valence-corrected chi connectivity index (χ3v) is 1.61. The van der Waals surface area contributed by atoms with Crippen LogP contribution in [0.5, 0.6) is 0 Å². The average molecular weight is 175 g/mol. The van der Waals surface area contributed by atoms with Gasteiger partial charge in [-0.15, -0.1) is 0 Å². The standard InChI is InChI=1S/C9H21NO2/c1-8(10)5-4-6-12-9(2)7-11-3/h8-9H,4-7,10H2,1-3H3. The molecule has 0 aliphatic rings. The summed E-state index contributed by atoms with van der Waals surface area (Å²) in [5, 5.41) is 0. The molecular weight excluding hydrogens is 154 g/mol. The molecule has 0 bridgehead atoms. The van der Waals surface area contributed by atoms with Gasteiger partial charge in [-0.05, 0) is 26.7 Å². The van der Waals surface area contributed by atoms with Crippen molar-refractivity contribution in [3.05, 3.63) is 0 Å². The Morgan fingerprint density at radius 2 is 2.00 bits per heavy atom. The van der Waals surface area contributed by atoms with Gasteiger partial charge in [-0.25, -0.2) is 0 Å². The molecule has 3 nitrogen and oxygen atoms in total. The summed E-state index contributed by atoms with van der Waals surface area (Å²) in [6.45, 7) is 5.47. The lowest BCUT2D eigenvalue weighted by Gasteiger charge is -2.12. The van der Waals surface area contributed by atoms with Gasteiger partial charge in [-0.2, -0.15) is 0 Å². The van der Waals surface area contributed by atoms with Crippen LogP contribution in [-0.4, -0.2) is 32.5 Å². The summed E-state index contributed by atoms with van der Waals surface area (Å²) in [5.41, 5.74) is 5.59. The molecule has 0 aromatic rings. The first-order valence-corrected chi connectivity index (χ1v) is 4.53. The van der Waals surface area contributed by atoms with Gasteiger partial charge >= 0.3 is 0 Å². The normalized spacial score (nSPS) is 16.0. The lowest BCUT2D eigenvalue weighted by Crippen LogP contribution is -2.18. The molecule has 2 atom stereocenters. The molecule has 0 aromatic heterocycles. The minimum absolute atomic E-state index is 0.197. The third-order valence-electron chi connectivity index (χ3n) is 1.61. The molecule has 0 rings (SSSR count). The van der Waals surface area contributed by atoms with E-state index in [4.69, 9.17) is 15.2 Å². The molecular formula is C9H21NO2. The van der Waals surface area contributed by atoms with Crippen molar-refractivity contribution in [3.63, 3.8) is 0 Å². The molecule has 12 heavy (non-hydrogen) atoms. The SMILES string of the molecule is COCC(C)OCCCC(C)N. The van der Waals surface area contributed by atoms with Crippen molar-refractivity contribution in [2.24, 2.45) is 5.73 Å². The summed E-state index contributed by atoms with van der Waals surface area (Å²) in [6.07, 6.45) is 2.26. The van der Waals surface area contributed by atoms with Gasteiger partial charge in [0.1, 0.15) is 0 Å². The summed E-state index contributed by atoms with van der Waals surface area (Å²) in [5.74, 6) is 0. The van der Waals surface area contributed by atoms with E-state index < -0.39 is 0 Å². The van der Waals surface area contributed by atoms with Crippen molar-refractivity contribution in [3.8, 4) is 0 Å². The maximum Gasteiger partial charge on any atom is 0.0780 e. The zero-order valence-electron chi connectivity index (χ0n) is 8.38. The molecule has 0 fully saturated rings. The van der Waals surface area contributed by atoms with Gasteiger partial charge in [-0.1, -0.05) is 0 Å². The molecule has 0 aliphatic heterocycles. The van der Waals surface area contributed by atoms with Crippen molar-refractivity contribution in [2.45, 2.75) is 38.8 Å². The molecule has 0 saturated heterocycles. The minimum atomic E-state index is 0.197. The smallest absolute Gasteiger partial charge is 0.0780 e. The van der Waals surface area contributed by atoms with Crippen LogP contribution < -0.4 is 5.73 Å². The predicted molar refractivity (Wildman–Crippen MR) is 50.2 cm³/mol. The lowest BCUT2D eigenvalue weighted by molar-refractivity contribution is 0.00746. The van der Waals surface area contributed by atoms with Crippen molar-refractivity contribution in [1.82, 2.24) is 0 Å². The van der Waals surface area contributed by atoms with Gasteiger partial charge in [0.25, 0.3) is 0 Å². The largest absolute Gasteiger partial charge is 0.382 e. The number of nitrogens with two attached hydrogens (primary N) is 1. The Labute approximate surface area is 75.2 Å². The molecule has 74 valence electrons. The van der Waals surface area contributed by atoms with E-state index in [9.17, 15) is 0 Å². The van der Waals surface area contributed by atoms with Gasteiger partial charge in [0.05, 0.1) is 12.7 Å². The van der Waals surface area contributed by atoms with Crippen LogP contribution in [-0.2, 0) is 9.47 Å². The Morgan fingerprint density at radius 3 is 2.50 bits per heavy atom. The van der Waals surface area contributed by atoms with E-state index >= 15 is 0 Å². The highest BCUT2D eigenvalue weighted by molar-refractivity contribution is 4.53. The van der Waals surface area contributed by atoms with E-state index in [0.717, 1.165) is 19.4 Å². The summed E-state index contributed by atoms with van der Waals surface area (Å²) >= 11 is 0. The summed E-state index contributed by atoms with van der Waals surface area (Å²) in [4.78, 5) is 0. The highest BCUT2D eigenvalue weighted by atomic mass is 16.5. The maximum atomic E-state index is 5.59. The molecule has 0 aliphatic carbocycles. The quantitative estimate of drug-likeness (QED) is 0.591. The van der Waals surface area contributed by atoms with Crippen LogP contribution in [0.15, 0.2) is 0 Å². The first kappa shape index (κ1) is 11.9. The fourth-order valence-electron chi connectivity index (χ4n) is 0.973. The fourth-order valence-corrected chi connectivity index (χ4v) is 0.973. The molecule has 0 amide bonds. The number of rotatable bonds is 7.